The second kappa shape index (κ2) is 6.20. The highest BCUT2D eigenvalue weighted by Gasteiger charge is 2.22. The van der Waals surface area contributed by atoms with Crippen molar-refractivity contribution in [2.75, 3.05) is 19.6 Å². The molecule has 1 N–H and O–H groups in total. The zero-order valence-electron chi connectivity index (χ0n) is 12.1. The summed E-state index contributed by atoms with van der Waals surface area (Å²) in [4.78, 5) is 14.3. The molecule has 1 saturated heterocycles. The zero-order valence-corrected chi connectivity index (χ0v) is 12.1. The molecule has 1 fully saturated rings. The molecule has 1 aromatic rings. The third-order valence-electron chi connectivity index (χ3n) is 3.92. The Morgan fingerprint density at radius 3 is 2.89 bits per heavy atom. The number of nitrogens with one attached hydrogen (secondary N) is 1. The number of carbonyl (C=O) groups excluding carboxylic acids is 1. The van der Waals surface area contributed by atoms with Crippen molar-refractivity contribution < 1.29 is 4.79 Å². The predicted molar refractivity (Wildman–Crippen MR) is 78.3 cm³/mol. The number of carbonyl (C=O) groups is 1. The fourth-order valence-corrected chi connectivity index (χ4v) is 2.80. The second-order valence-corrected chi connectivity index (χ2v) is 5.66. The van der Waals surface area contributed by atoms with Crippen molar-refractivity contribution in [3.8, 4) is 0 Å². The minimum atomic E-state index is 0.282. The molecule has 3 nitrogen and oxygen atoms in total. The van der Waals surface area contributed by atoms with E-state index in [1.54, 1.807) is 0 Å². The number of benzene rings is 1. The van der Waals surface area contributed by atoms with Gasteiger partial charge >= 0.3 is 0 Å². The van der Waals surface area contributed by atoms with Crippen LogP contribution in [0.15, 0.2) is 24.3 Å². The molecule has 0 radical (unpaired) electrons. The van der Waals surface area contributed by atoms with Crippen LogP contribution in [0.3, 0.4) is 0 Å². The first-order valence-corrected chi connectivity index (χ1v) is 7.14. The van der Waals surface area contributed by atoms with Crippen molar-refractivity contribution in [1.82, 2.24) is 10.2 Å². The summed E-state index contributed by atoms with van der Waals surface area (Å²) in [6, 6.07) is 8.75. The van der Waals surface area contributed by atoms with Crippen LogP contribution in [0.25, 0.3) is 0 Å². The van der Waals surface area contributed by atoms with Gasteiger partial charge in [0.15, 0.2) is 0 Å². The summed E-state index contributed by atoms with van der Waals surface area (Å²) in [6.07, 6.45) is 0.609. The van der Waals surface area contributed by atoms with Crippen molar-refractivity contribution in [1.29, 1.82) is 0 Å². The van der Waals surface area contributed by atoms with E-state index in [-0.39, 0.29) is 5.91 Å². The molecule has 1 aliphatic rings. The number of hydrogen-bond acceptors (Lipinski definition) is 2. The fraction of sp³-hybridized carbons (Fsp3) is 0.562. The van der Waals surface area contributed by atoms with Gasteiger partial charge in [0.25, 0.3) is 0 Å². The molecule has 0 spiro atoms. The third-order valence-corrected chi connectivity index (χ3v) is 3.92. The molecule has 0 saturated carbocycles. The summed E-state index contributed by atoms with van der Waals surface area (Å²) >= 11 is 0. The molecule has 1 aromatic carbocycles. The first-order chi connectivity index (χ1) is 9.08. The van der Waals surface area contributed by atoms with Crippen LogP contribution in [0, 0.1) is 6.92 Å². The van der Waals surface area contributed by atoms with E-state index in [1.165, 1.54) is 11.1 Å². The van der Waals surface area contributed by atoms with E-state index in [1.807, 2.05) is 11.0 Å². The molecule has 0 aromatic heterocycles. The standard InChI is InChI=1S/C16H24N2O/c1-12-6-4-5-7-15(12)13(2)10-16(19)18-9-8-17-14(3)11-18/h4-7,13-14,17H,8-11H2,1-3H3. The van der Waals surface area contributed by atoms with E-state index in [2.05, 4.69) is 44.3 Å². The molecular formula is C16H24N2O. The largest absolute Gasteiger partial charge is 0.340 e. The normalized spacial score (nSPS) is 21.2. The van der Waals surface area contributed by atoms with E-state index in [9.17, 15) is 4.79 Å². The Morgan fingerprint density at radius 2 is 2.21 bits per heavy atom. The Hall–Kier alpha value is -1.35. The first-order valence-electron chi connectivity index (χ1n) is 7.14. The smallest absolute Gasteiger partial charge is 0.223 e. The van der Waals surface area contributed by atoms with E-state index < -0.39 is 0 Å². The lowest BCUT2D eigenvalue weighted by Gasteiger charge is -2.32. The van der Waals surface area contributed by atoms with Gasteiger partial charge in [-0.1, -0.05) is 31.2 Å². The van der Waals surface area contributed by atoms with E-state index in [4.69, 9.17) is 0 Å². The minimum absolute atomic E-state index is 0.282. The molecule has 104 valence electrons. The van der Waals surface area contributed by atoms with E-state index in [0.29, 0.717) is 18.4 Å². The topological polar surface area (TPSA) is 32.3 Å². The maximum Gasteiger partial charge on any atom is 0.223 e. The van der Waals surface area contributed by atoms with Gasteiger partial charge in [-0.2, -0.15) is 0 Å². The van der Waals surface area contributed by atoms with Crippen LogP contribution in [0.1, 0.15) is 37.3 Å². The zero-order chi connectivity index (χ0) is 13.8. The van der Waals surface area contributed by atoms with E-state index in [0.717, 1.165) is 19.6 Å². The quantitative estimate of drug-likeness (QED) is 0.904. The lowest BCUT2D eigenvalue weighted by molar-refractivity contribution is -0.132. The Morgan fingerprint density at radius 1 is 1.47 bits per heavy atom. The summed E-state index contributed by atoms with van der Waals surface area (Å²) in [5.41, 5.74) is 2.57. The van der Waals surface area contributed by atoms with Gasteiger partial charge in [0.05, 0.1) is 0 Å². The van der Waals surface area contributed by atoms with Gasteiger partial charge in [-0.25, -0.2) is 0 Å². The molecule has 19 heavy (non-hydrogen) atoms. The summed E-state index contributed by atoms with van der Waals surface area (Å²) in [5.74, 6) is 0.572. The van der Waals surface area contributed by atoms with Gasteiger partial charge in [0, 0.05) is 32.1 Å². The molecule has 3 heteroatoms. The molecular weight excluding hydrogens is 236 g/mol. The molecule has 2 atom stereocenters. The average Bonchev–Trinajstić information content (AvgIpc) is 2.39. The monoisotopic (exact) mass is 260 g/mol. The Balaban J connectivity index is 1.97. The summed E-state index contributed by atoms with van der Waals surface area (Å²) in [5, 5.41) is 3.37. The lowest BCUT2D eigenvalue weighted by atomic mass is 9.93. The lowest BCUT2D eigenvalue weighted by Crippen LogP contribution is -2.51. The van der Waals surface area contributed by atoms with Crippen LogP contribution in [-0.4, -0.2) is 36.5 Å². The minimum Gasteiger partial charge on any atom is -0.340 e. The van der Waals surface area contributed by atoms with Crippen molar-refractivity contribution in [3.63, 3.8) is 0 Å². The number of nitrogens with zero attached hydrogens (tertiary/aromatic N) is 1. The highest BCUT2D eigenvalue weighted by molar-refractivity contribution is 5.77. The predicted octanol–water partition coefficient (Wildman–Crippen LogP) is 2.31. The molecule has 0 bridgehead atoms. The first kappa shape index (κ1) is 14.1. The summed E-state index contributed by atoms with van der Waals surface area (Å²) < 4.78 is 0. The van der Waals surface area contributed by atoms with Crippen LogP contribution in [0.2, 0.25) is 0 Å². The van der Waals surface area contributed by atoms with Crippen molar-refractivity contribution in [2.45, 2.75) is 39.2 Å². The molecule has 0 aliphatic carbocycles. The molecule has 1 aliphatic heterocycles. The average molecular weight is 260 g/mol. The Kier molecular flexibility index (Phi) is 4.59. The summed E-state index contributed by atoms with van der Waals surface area (Å²) in [6.45, 7) is 8.97. The van der Waals surface area contributed by atoms with Gasteiger partial charge in [-0.05, 0) is 30.9 Å². The number of amides is 1. The van der Waals surface area contributed by atoms with Gasteiger partial charge in [-0.3, -0.25) is 4.79 Å². The van der Waals surface area contributed by atoms with Gasteiger partial charge in [0.1, 0.15) is 0 Å². The third kappa shape index (κ3) is 3.57. The van der Waals surface area contributed by atoms with Crippen molar-refractivity contribution >= 4 is 5.91 Å². The highest BCUT2D eigenvalue weighted by atomic mass is 16.2. The van der Waals surface area contributed by atoms with Crippen LogP contribution in [-0.2, 0) is 4.79 Å². The van der Waals surface area contributed by atoms with Gasteiger partial charge in [-0.15, -0.1) is 0 Å². The van der Waals surface area contributed by atoms with Gasteiger partial charge < -0.3 is 10.2 Å². The van der Waals surface area contributed by atoms with Crippen LogP contribution >= 0.6 is 0 Å². The Bertz CT molecular complexity index is 444. The van der Waals surface area contributed by atoms with Crippen molar-refractivity contribution in [2.24, 2.45) is 0 Å². The molecule has 2 unspecified atom stereocenters. The number of piperazine rings is 1. The second-order valence-electron chi connectivity index (χ2n) is 5.66. The maximum absolute atomic E-state index is 12.3. The number of hydrogen-bond donors (Lipinski definition) is 1. The van der Waals surface area contributed by atoms with Crippen molar-refractivity contribution in [3.05, 3.63) is 35.4 Å². The molecule has 1 heterocycles. The van der Waals surface area contributed by atoms with E-state index >= 15 is 0 Å². The number of rotatable bonds is 3. The van der Waals surface area contributed by atoms with Crippen LogP contribution < -0.4 is 5.32 Å². The molecule has 1 amide bonds. The molecule has 2 rings (SSSR count). The van der Waals surface area contributed by atoms with Crippen LogP contribution in [0.5, 0.6) is 0 Å². The number of aryl methyl sites for hydroxylation is 1. The maximum atomic E-state index is 12.3. The summed E-state index contributed by atoms with van der Waals surface area (Å²) in [7, 11) is 0. The highest BCUT2D eigenvalue weighted by Crippen LogP contribution is 2.23. The Labute approximate surface area is 116 Å². The fourth-order valence-electron chi connectivity index (χ4n) is 2.80. The SMILES string of the molecule is Cc1ccccc1C(C)CC(=O)N1CCNC(C)C1. The van der Waals surface area contributed by atoms with Crippen LogP contribution in [0.4, 0.5) is 0 Å². The van der Waals surface area contributed by atoms with Gasteiger partial charge in [0.2, 0.25) is 5.91 Å².